The summed E-state index contributed by atoms with van der Waals surface area (Å²) in [6, 6.07) is 29.1. The summed E-state index contributed by atoms with van der Waals surface area (Å²) in [5, 5.41) is 2.93. The molecule has 0 saturated carbocycles. The van der Waals surface area contributed by atoms with Crippen molar-refractivity contribution < 1.29 is 20.8 Å². The maximum atomic E-state index is 6.41. The van der Waals surface area contributed by atoms with Crippen LogP contribution in [0.3, 0.4) is 0 Å². The van der Waals surface area contributed by atoms with Crippen molar-refractivity contribution in [2.45, 2.75) is 0 Å². The molecule has 0 saturated heterocycles. The molecule has 0 unspecified atom stereocenters. The molecule has 10 heteroatoms. The van der Waals surface area contributed by atoms with Crippen molar-refractivity contribution in [3.05, 3.63) is 110 Å². The van der Waals surface area contributed by atoms with Gasteiger partial charge in [0.2, 0.25) is 0 Å². The van der Waals surface area contributed by atoms with Crippen LogP contribution in [0.5, 0.6) is 17.2 Å². The maximum absolute atomic E-state index is 6.41. The Bertz CT molecular complexity index is 1450. The zero-order valence-electron chi connectivity index (χ0n) is 19.2. The van der Waals surface area contributed by atoms with Crippen LogP contribution < -0.4 is 11.4 Å². The van der Waals surface area contributed by atoms with E-state index in [9.17, 15) is 0 Å². The van der Waals surface area contributed by atoms with Crippen LogP contribution in [0.4, 0.5) is 0 Å². The average molecular weight is 764 g/mol. The van der Waals surface area contributed by atoms with Crippen LogP contribution in [-0.2, 0) is 9.47 Å². The van der Waals surface area contributed by atoms with Crippen LogP contribution in [0.1, 0.15) is 0 Å². The van der Waals surface area contributed by atoms with Gasteiger partial charge >= 0.3 is 64.6 Å². The van der Waals surface area contributed by atoms with Gasteiger partial charge in [0.15, 0.2) is 0 Å². The zero-order valence-corrected chi connectivity index (χ0v) is 26.1. The molecule has 0 radical (unpaired) electrons. The number of benzene rings is 3. The van der Waals surface area contributed by atoms with Crippen molar-refractivity contribution in [3.8, 4) is 17.2 Å². The quantitative estimate of drug-likeness (QED) is 0.129. The van der Waals surface area contributed by atoms with Crippen molar-refractivity contribution in [2.75, 3.05) is 0 Å². The van der Waals surface area contributed by atoms with E-state index < -0.39 is 15.1 Å². The van der Waals surface area contributed by atoms with Crippen LogP contribution in [0.15, 0.2) is 110 Å². The van der Waals surface area contributed by atoms with Crippen LogP contribution in [0.25, 0.3) is 32.7 Å². The van der Waals surface area contributed by atoms with E-state index in [1.165, 1.54) is 0 Å². The first-order valence-electron chi connectivity index (χ1n) is 11.2. The summed E-state index contributed by atoms with van der Waals surface area (Å²) in [6.45, 7) is 0. The summed E-state index contributed by atoms with van der Waals surface area (Å²) in [6.07, 6.45) is 5.24. The Balaban J connectivity index is 0.000000892. The molecule has 37 heavy (non-hydrogen) atoms. The molecule has 0 bridgehead atoms. The van der Waals surface area contributed by atoms with E-state index in [4.69, 9.17) is 11.4 Å². The van der Waals surface area contributed by atoms with Gasteiger partial charge in [-0.2, -0.15) is 0 Å². The predicted octanol–water partition coefficient (Wildman–Crippen LogP) is 7.62. The van der Waals surface area contributed by atoms with Crippen molar-refractivity contribution in [2.24, 2.45) is 0 Å². The molecule has 0 aliphatic carbocycles. The third-order valence-corrected chi connectivity index (χ3v) is 6.80. The van der Waals surface area contributed by atoms with Crippen molar-refractivity contribution in [1.82, 2.24) is 15.0 Å². The van der Waals surface area contributed by atoms with Gasteiger partial charge in [-0.1, -0.05) is 54.6 Å². The standard InChI is InChI=1S/3C9H7NO.Al.2HI.V/c3*11-8-5-1-3-7-4-2-6-10-9(7)8;;;;/h3*1-6,11H;;2*1H;/q;;;+3;;;+2/p-5. The number of aromatic nitrogens is 3. The van der Waals surface area contributed by atoms with Crippen molar-refractivity contribution in [1.29, 1.82) is 0 Å². The largest absolute Gasteiger partial charge is 1.20 e. The first-order chi connectivity index (χ1) is 18.3. The molecule has 0 N–H and O–H groups in total. The van der Waals surface area contributed by atoms with Gasteiger partial charge in [0.25, 0.3) is 0 Å². The third kappa shape index (κ3) is 6.48. The second-order valence-corrected chi connectivity index (χ2v) is 20.8. The average Bonchev–Trinajstić information content (AvgIpc) is 2.94. The fourth-order valence-corrected chi connectivity index (χ4v) is 5.23. The Kier molecular flexibility index (Phi) is 9.37. The molecular weight excluding hydrogens is 746 g/mol. The van der Waals surface area contributed by atoms with E-state index in [0.29, 0.717) is 26.7 Å². The van der Waals surface area contributed by atoms with Gasteiger partial charge in [-0.15, -0.1) is 0 Å². The Morgan fingerprint density at radius 2 is 0.784 bits per heavy atom. The van der Waals surface area contributed by atoms with E-state index in [1.54, 1.807) is 18.6 Å². The maximum Gasteiger partial charge on any atom is 1.20 e. The minimum absolute atomic E-state index is 0.608. The van der Waals surface area contributed by atoms with Crippen LogP contribution in [0.2, 0.25) is 0 Å². The molecule has 3 heterocycles. The third-order valence-electron chi connectivity index (χ3n) is 5.46. The molecule has 6 nitrogen and oxygen atoms in total. The van der Waals surface area contributed by atoms with Crippen molar-refractivity contribution in [3.63, 3.8) is 0 Å². The molecule has 3 aromatic heterocycles. The summed E-state index contributed by atoms with van der Waals surface area (Å²) >= 11 is 1.88. The van der Waals surface area contributed by atoms with E-state index >= 15 is 0 Å². The molecule has 0 aliphatic heterocycles. The second kappa shape index (κ2) is 13.1. The molecule has 0 fully saturated rings. The zero-order chi connectivity index (χ0) is 25.5. The Morgan fingerprint density at radius 3 is 1.11 bits per heavy atom. The normalized spacial score (nSPS) is 10.4. The van der Waals surface area contributed by atoms with Gasteiger partial charge < -0.3 is 11.4 Å². The van der Waals surface area contributed by atoms with Crippen LogP contribution >= 0.6 is 40.0 Å². The SMILES string of the molecule is [I][V][I].c1cnc2c([O][Al]([O]c3cccc4cccnc34)[O]c3cccc4cccnc34)cccc2c1. The predicted molar refractivity (Wildman–Crippen MR) is 161 cm³/mol. The molecule has 0 amide bonds. The minimum atomic E-state index is -2.86. The number of nitrogens with zero attached hydrogens (tertiary/aromatic N) is 3. The minimum Gasteiger partial charge on any atom is -0.576 e. The summed E-state index contributed by atoms with van der Waals surface area (Å²) < 4.78 is 19.2. The molecule has 3 aromatic carbocycles. The number of fused-ring (bicyclic) bond motifs is 3. The van der Waals surface area contributed by atoms with Gasteiger partial charge in [-0.25, -0.2) is 0 Å². The molecule has 0 spiro atoms. The number of pyridine rings is 3. The van der Waals surface area contributed by atoms with Gasteiger partial charge in [0.05, 0.1) is 0 Å². The summed E-state index contributed by atoms with van der Waals surface area (Å²) in [5.74, 6) is 1.82. The van der Waals surface area contributed by atoms with E-state index in [2.05, 4.69) is 54.9 Å². The Morgan fingerprint density at radius 1 is 0.486 bits per heavy atom. The Labute approximate surface area is 248 Å². The molecule has 0 aliphatic rings. The van der Waals surface area contributed by atoms with Gasteiger partial charge in [-0.05, 0) is 36.4 Å². The topological polar surface area (TPSA) is 66.4 Å². The number of para-hydroxylation sites is 3. The van der Waals surface area contributed by atoms with Gasteiger partial charge in [0.1, 0.15) is 33.8 Å². The Hall–Kier alpha value is -2.13. The van der Waals surface area contributed by atoms with Crippen molar-refractivity contribution >= 4 is 87.8 Å². The van der Waals surface area contributed by atoms with Gasteiger partial charge in [0, 0.05) is 34.7 Å². The summed E-state index contributed by atoms with van der Waals surface area (Å²) in [7, 11) is 0.628. The number of hydrogen-bond donors (Lipinski definition) is 0. The van der Waals surface area contributed by atoms with E-state index in [1.807, 2.05) is 91.0 Å². The second-order valence-electron chi connectivity index (χ2n) is 7.70. The summed E-state index contributed by atoms with van der Waals surface area (Å²) in [4.78, 5) is 13.5. The summed E-state index contributed by atoms with van der Waals surface area (Å²) in [5.41, 5.74) is 2.25. The van der Waals surface area contributed by atoms with E-state index in [0.717, 1.165) is 32.7 Å². The monoisotopic (exact) mass is 764 g/mol. The number of halogens is 2. The van der Waals surface area contributed by atoms with E-state index in [-0.39, 0.29) is 0 Å². The van der Waals surface area contributed by atoms with Gasteiger partial charge in [-0.3, -0.25) is 15.0 Å². The van der Waals surface area contributed by atoms with Crippen LogP contribution in [-0.4, -0.2) is 30.1 Å². The number of hydrogen-bond acceptors (Lipinski definition) is 6. The molecule has 6 rings (SSSR count). The fraction of sp³-hybridized carbons (Fsp3) is 0. The molecule has 6 aromatic rings. The molecule has 181 valence electrons. The van der Waals surface area contributed by atoms with Crippen LogP contribution in [0, 0.1) is 0 Å². The first-order valence-corrected chi connectivity index (χ1v) is 21.6. The molecular formula is C27H18AlI2N3O3V. The fourth-order valence-electron chi connectivity index (χ4n) is 3.90. The smallest absolute Gasteiger partial charge is 0.576 e. The number of rotatable bonds is 6. The molecule has 0 atom stereocenters. The first kappa shape index (κ1) is 26.5.